The highest BCUT2D eigenvalue weighted by molar-refractivity contribution is 5.97. The highest BCUT2D eigenvalue weighted by atomic mass is 19.1. The molecule has 0 bridgehead atoms. The van der Waals surface area contributed by atoms with E-state index in [0.717, 1.165) is 12.8 Å². The van der Waals surface area contributed by atoms with Crippen LogP contribution >= 0.6 is 0 Å². The van der Waals surface area contributed by atoms with Crippen LogP contribution in [-0.4, -0.2) is 35.2 Å². The van der Waals surface area contributed by atoms with Crippen LogP contribution in [0.15, 0.2) is 24.3 Å². The van der Waals surface area contributed by atoms with Gasteiger partial charge in [-0.25, -0.2) is 4.39 Å². The lowest BCUT2D eigenvalue weighted by molar-refractivity contribution is -0.310. The fourth-order valence-electron chi connectivity index (χ4n) is 3.49. The zero-order chi connectivity index (χ0) is 16.6. The highest BCUT2D eigenvalue weighted by Crippen LogP contribution is 2.42. The first-order valence-corrected chi connectivity index (χ1v) is 7.87. The van der Waals surface area contributed by atoms with Gasteiger partial charge in [0, 0.05) is 5.56 Å². The van der Waals surface area contributed by atoms with E-state index in [-0.39, 0.29) is 12.2 Å². The summed E-state index contributed by atoms with van der Waals surface area (Å²) in [4.78, 5) is 25.6. The average molecular weight is 320 g/mol. The molecule has 1 saturated heterocycles. The van der Waals surface area contributed by atoms with Gasteiger partial charge in [-0.05, 0) is 55.9 Å². The fraction of sp³-hybridized carbons (Fsp3) is 0.529. The summed E-state index contributed by atoms with van der Waals surface area (Å²) < 4.78 is 18.9. The number of hydrogen-bond donors (Lipinski definition) is 0. The van der Waals surface area contributed by atoms with Crippen molar-refractivity contribution in [2.24, 2.45) is 5.92 Å². The zero-order valence-electron chi connectivity index (χ0n) is 13.0. The highest BCUT2D eigenvalue weighted by Gasteiger charge is 2.51. The molecule has 1 atom stereocenters. The molecule has 1 aliphatic carbocycles. The summed E-state index contributed by atoms with van der Waals surface area (Å²) >= 11 is 0. The van der Waals surface area contributed by atoms with Crippen LogP contribution in [0.5, 0.6) is 0 Å². The predicted molar refractivity (Wildman–Crippen MR) is 77.7 cm³/mol. The van der Waals surface area contributed by atoms with Crippen molar-refractivity contribution in [3.8, 4) is 0 Å². The van der Waals surface area contributed by atoms with Gasteiger partial charge in [0.25, 0.3) is 5.91 Å². The van der Waals surface area contributed by atoms with Crippen LogP contribution in [0.1, 0.15) is 43.0 Å². The van der Waals surface area contributed by atoms with Crippen molar-refractivity contribution in [3.05, 3.63) is 35.6 Å². The molecule has 0 N–H and O–H groups in total. The molecule has 5 nitrogen and oxygen atoms in total. The molecular formula is C17H19FNO4-. The number of carbonyl (C=O) groups excluding carboxylic acids is 2. The van der Waals surface area contributed by atoms with Crippen LogP contribution in [0.3, 0.4) is 0 Å². The van der Waals surface area contributed by atoms with E-state index in [9.17, 15) is 19.1 Å². The smallest absolute Gasteiger partial charge is 0.256 e. The summed E-state index contributed by atoms with van der Waals surface area (Å²) in [7, 11) is 0. The summed E-state index contributed by atoms with van der Waals surface area (Å²) in [5.74, 6) is -1.70. The molecule has 0 unspecified atom stereocenters. The molecule has 1 saturated carbocycles. The average Bonchev–Trinajstić information content (AvgIpc) is 2.90. The summed E-state index contributed by atoms with van der Waals surface area (Å²) in [6.45, 7) is 2.06. The summed E-state index contributed by atoms with van der Waals surface area (Å²) in [6.07, 6.45) is 2.94. The molecule has 1 aromatic rings. The van der Waals surface area contributed by atoms with Gasteiger partial charge >= 0.3 is 0 Å². The Morgan fingerprint density at radius 2 is 1.87 bits per heavy atom. The monoisotopic (exact) mass is 320 g/mol. The molecule has 23 heavy (non-hydrogen) atoms. The minimum Gasteiger partial charge on any atom is -0.548 e. The number of carboxylic acids is 1. The number of aliphatic carboxylic acids is 1. The van der Waals surface area contributed by atoms with Gasteiger partial charge in [0.1, 0.15) is 11.5 Å². The van der Waals surface area contributed by atoms with Crippen LogP contribution in [0, 0.1) is 11.7 Å². The molecule has 1 aliphatic heterocycles. The Kier molecular flexibility index (Phi) is 4.10. The Morgan fingerprint density at radius 1 is 1.26 bits per heavy atom. The number of hydrogen-bond acceptors (Lipinski definition) is 4. The third-order valence-corrected chi connectivity index (χ3v) is 4.90. The van der Waals surface area contributed by atoms with Crippen molar-refractivity contribution >= 4 is 11.9 Å². The molecule has 3 rings (SSSR count). The molecule has 0 radical (unpaired) electrons. The van der Waals surface area contributed by atoms with E-state index in [1.807, 2.05) is 0 Å². The fourth-order valence-corrected chi connectivity index (χ4v) is 3.49. The number of nitrogens with zero attached hydrogens (tertiary/aromatic N) is 1. The first-order chi connectivity index (χ1) is 10.9. The minimum absolute atomic E-state index is 0.0658. The number of carboxylic acid groups (broad SMARTS) is 1. The number of ether oxygens (including phenoxy) is 1. The number of carbonyl (C=O) groups is 2. The number of amides is 1. The van der Waals surface area contributed by atoms with Crippen LogP contribution in [-0.2, 0) is 9.53 Å². The number of benzene rings is 1. The minimum atomic E-state index is -1.32. The lowest BCUT2D eigenvalue weighted by Crippen LogP contribution is -2.57. The Morgan fingerprint density at radius 3 is 2.43 bits per heavy atom. The maximum Gasteiger partial charge on any atom is 0.256 e. The summed E-state index contributed by atoms with van der Waals surface area (Å²) in [5.41, 5.74) is -0.635. The molecule has 124 valence electrons. The van der Waals surface area contributed by atoms with E-state index < -0.39 is 29.5 Å². The van der Waals surface area contributed by atoms with E-state index in [0.29, 0.717) is 18.8 Å². The second-order valence-corrected chi connectivity index (χ2v) is 6.46. The molecular weight excluding hydrogens is 301 g/mol. The van der Waals surface area contributed by atoms with Gasteiger partial charge in [-0.15, -0.1) is 0 Å². The van der Waals surface area contributed by atoms with Crippen LogP contribution in [0.25, 0.3) is 0 Å². The normalized spacial score (nSPS) is 30.6. The van der Waals surface area contributed by atoms with E-state index in [1.54, 1.807) is 0 Å². The molecule has 2 fully saturated rings. The zero-order valence-corrected chi connectivity index (χ0v) is 13.0. The van der Waals surface area contributed by atoms with Crippen molar-refractivity contribution in [1.82, 2.24) is 4.90 Å². The standard InChI is InChI=1S/C17H20FNO4/c1-11-6-8-17(9-7-11)19(14(10-23-17)16(21)22)15(20)12-2-4-13(18)5-3-12/h2-5,11,14H,6-10H2,1H3,(H,21,22)/p-1/t11?,14-,17?/m0/s1. The van der Waals surface area contributed by atoms with Gasteiger partial charge < -0.3 is 14.6 Å². The largest absolute Gasteiger partial charge is 0.548 e. The number of rotatable bonds is 2. The van der Waals surface area contributed by atoms with Crippen molar-refractivity contribution in [2.45, 2.75) is 44.4 Å². The predicted octanol–water partition coefficient (Wildman–Crippen LogP) is 1.32. The van der Waals surface area contributed by atoms with Gasteiger partial charge in [0.2, 0.25) is 0 Å². The van der Waals surface area contributed by atoms with Gasteiger partial charge in [-0.1, -0.05) is 6.92 Å². The summed E-state index contributed by atoms with van der Waals surface area (Å²) in [6, 6.07) is 3.99. The van der Waals surface area contributed by atoms with Crippen LogP contribution in [0.2, 0.25) is 0 Å². The lowest BCUT2D eigenvalue weighted by Gasteiger charge is -2.43. The topological polar surface area (TPSA) is 69.7 Å². The van der Waals surface area contributed by atoms with Gasteiger partial charge in [-0.3, -0.25) is 9.69 Å². The summed E-state index contributed by atoms with van der Waals surface area (Å²) in [5, 5.41) is 11.4. The Bertz CT molecular complexity index is 608. The lowest BCUT2D eigenvalue weighted by atomic mass is 9.83. The van der Waals surface area contributed by atoms with Crippen molar-refractivity contribution < 1.29 is 23.8 Å². The molecule has 2 aliphatic rings. The van der Waals surface area contributed by atoms with Crippen molar-refractivity contribution in [3.63, 3.8) is 0 Å². The molecule has 1 amide bonds. The molecule has 1 aromatic carbocycles. The van der Waals surface area contributed by atoms with Gasteiger partial charge in [-0.2, -0.15) is 0 Å². The molecule has 1 spiro atoms. The van der Waals surface area contributed by atoms with E-state index in [1.165, 1.54) is 29.2 Å². The Hall–Kier alpha value is -1.95. The first kappa shape index (κ1) is 15.9. The third-order valence-electron chi connectivity index (χ3n) is 4.90. The van der Waals surface area contributed by atoms with Crippen LogP contribution < -0.4 is 5.11 Å². The number of halogens is 1. The third kappa shape index (κ3) is 2.83. The SMILES string of the molecule is CC1CCC2(CC1)OC[C@@H](C(=O)[O-])N2C(=O)c1ccc(F)cc1. The second kappa shape index (κ2) is 5.92. The molecule has 0 aromatic heterocycles. The van der Waals surface area contributed by atoms with Gasteiger partial charge in [0.05, 0.1) is 18.6 Å². The maximum atomic E-state index is 13.1. The Labute approximate surface area is 134 Å². The van der Waals surface area contributed by atoms with E-state index in [2.05, 4.69) is 6.92 Å². The van der Waals surface area contributed by atoms with Crippen molar-refractivity contribution in [1.29, 1.82) is 0 Å². The first-order valence-electron chi connectivity index (χ1n) is 7.87. The maximum absolute atomic E-state index is 13.1. The quantitative estimate of drug-likeness (QED) is 0.824. The molecule has 6 heteroatoms. The molecule has 1 heterocycles. The second-order valence-electron chi connectivity index (χ2n) is 6.46. The van der Waals surface area contributed by atoms with E-state index >= 15 is 0 Å². The van der Waals surface area contributed by atoms with Crippen molar-refractivity contribution in [2.75, 3.05) is 6.61 Å². The van der Waals surface area contributed by atoms with Gasteiger partial charge in [0.15, 0.2) is 0 Å². The van der Waals surface area contributed by atoms with E-state index in [4.69, 9.17) is 4.74 Å². The Balaban J connectivity index is 1.94. The van der Waals surface area contributed by atoms with Crippen LogP contribution in [0.4, 0.5) is 4.39 Å².